The minimum Gasteiger partial charge on any atom is -0.466 e. The molecule has 1 aromatic rings. The van der Waals surface area contributed by atoms with E-state index in [0.717, 1.165) is 0 Å². The molecule has 0 aliphatic heterocycles. The van der Waals surface area contributed by atoms with E-state index in [1.54, 1.807) is 6.92 Å². The standard InChI is InChI=1S/C11H9Cl3O3/c1-6(3-11(15)16-2)17-10-5-8(13)7(12)4-9(10)14/h3-5H,1-2H3/b6-3+. The van der Waals surface area contributed by atoms with Crippen molar-refractivity contribution in [3.8, 4) is 5.75 Å². The Morgan fingerprint density at radius 1 is 1.18 bits per heavy atom. The van der Waals surface area contributed by atoms with Crippen molar-refractivity contribution in [1.29, 1.82) is 0 Å². The number of hydrogen-bond acceptors (Lipinski definition) is 3. The average molecular weight is 296 g/mol. The molecule has 0 spiro atoms. The summed E-state index contributed by atoms with van der Waals surface area (Å²) >= 11 is 17.5. The van der Waals surface area contributed by atoms with Crippen LogP contribution in [0.4, 0.5) is 0 Å². The summed E-state index contributed by atoms with van der Waals surface area (Å²) in [7, 11) is 1.28. The van der Waals surface area contributed by atoms with Crippen LogP contribution < -0.4 is 4.74 Å². The SMILES string of the molecule is COC(=O)/C=C(\C)Oc1cc(Cl)c(Cl)cc1Cl. The third-order valence-corrected chi connectivity index (χ3v) is 2.79. The molecule has 0 aromatic heterocycles. The summed E-state index contributed by atoms with van der Waals surface area (Å²) in [4.78, 5) is 11.0. The number of esters is 1. The van der Waals surface area contributed by atoms with E-state index >= 15 is 0 Å². The highest BCUT2D eigenvalue weighted by molar-refractivity contribution is 6.43. The summed E-state index contributed by atoms with van der Waals surface area (Å²) in [5.74, 6) is 0.134. The Morgan fingerprint density at radius 2 is 1.76 bits per heavy atom. The molecule has 0 radical (unpaired) electrons. The van der Waals surface area contributed by atoms with Crippen LogP contribution in [0.2, 0.25) is 15.1 Å². The molecule has 0 bridgehead atoms. The number of halogens is 3. The zero-order valence-corrected chi connectivity index (χ0v) is 11.4. The van der Waals surface area contributed by atoms with E-state index in [4.69, 9.17) is 39.5 Å². The van der Waals surface area contributed by atoms with E-state index in [-0.39, 0.29) is 0 Å². The summed E-state index contributed by atoms with van der Waals surface area (Å²) in [6.07, 6.45) is 1.19. The normalized spacial score (nSPS) is 11.2. The Bertz CT molecular complexity index is 469. The lowest BCUT2D eigenvalue weighted by molar-refractivity contribution is -0.135. The number of benzene rings is 1. The first-order valence-corrected chi connectivity index (χ1v) is 5.66. The van der Waals surface area contributed by atoms with Crippen molar-refractivity contribution in [2.24, 2.45) is 0 Å². The maximum atomic E-state index is 11.0. The van der Waals surface area contributed by atoms with Crippen LogP contribution in [0.3, 0.4) is 0 Å². The van der Waals surface area contributed by atoms with Gasteiger partial charge in [0.25, 0.3) is 0 Å². The van der Waals surface area contributed by atoms with Crippen LogP contribution in [0.25, 0.3) is 0 Å². The van der Waals surface area contributed by atoms with Crippen LogP contribution in [-0.4, -0.2) is 13.1 Å². The Kier molecular flexibility index (Phi) is 5.12. The van der Waals surface area contributed by atoms with Crippen molar-refractivity contribution in [2.45, 2.75) is 6.92 Å². The van der Waals surface area contributed by atoms with Gasteiger partial charge in [-0.1, -0.05) is 34.8 Å². The van der Waals surface area contributed by atoms with Gasteiger partial charge in [-0.3, -0.25) is 0 Å². The molecule has 0 atom stereocenters. The number of ether oxygens (including phenoxy) is 2. The number of rotatable bonds is 3. The molecule has 0 amide bonds. The summed E-state index contributed by atoms with van der Waals surface area (Å²) < 4.78 is 9.79. The fourth-order valence-corrected chi connectivity index (χ4v) is 1.59. The number of methoxy groups -OCH3 is 1. The van der Waals surface area contributed by atoms with Crippen molar-refractivity contribution in [3.63, 3.8) is 0 Å². The minimum atomic E-state index is -0.515. The van der Waals surface area contributed by atoms with E-state index in [0.29, 0.717) is 26.6 Å². The van der Waals surface area contributed by atoms with E-state index in [9.17, 15) is 4.79 Å². The fourth-order valence-electron chi connectivity index (χ4n) is 1.01. The number of hydrogen-bond donors (Lipinski definition) is 0. The molecule has 0 aliphatic rings. The maximum absolute atomic E-state index is 11.0. The van der Waals surface area contributed by atoms with Gasteiger partial charge in [0.1, 0.15) is 11.5 Å². The third-order valence-electron chi connectivity index (χ3n) is 1.77. The molecule has 0 N–H and O–H groups in total. The molecule has 1 rings (SSSR count). The smallest absolute Gasteiger partial charge is 0.333 e. The minimum absolute atomic E-state index is 0.303. The predicted octanol–water partition coefficient (Wildman–Crippen LogP) is 4.10. The van der Waals surface area contributed by atoms with E-state index in [2.05, 4.69) is 4.74 Å². The van der Waals surface area contributed by atoms with Gasteiger partial charge in [-0.25, -0.2) is 4.79 Å². The van der Waals surface area contributed by atoms with Crippen LogP contribution in [0, 0.1) is 0 Å². The Balaban J connectivity index is 2.92. The molecule has 6 heteroatoms. The maximum Gasteiger partial charge on any atom is 0.333 e. The second-order valence-electron chi connectivity index (χ2n) is 3.08. The highest BCUT2D eigenvalue weighted by Gasteiger charge is 2.08. The first-order chi connectivity index (χ1) is 7.93. The molecular weight excluding hydrogens is 286 g/mol. The zero-order chi connectivity index (χ0) is 13.0. The topological polar surface area (TPSA) is 35.5 Å². The lowest BCUT2D eigenvalue weighted by Crippen LogP contribution is -2.00. The number of carbonyl (C=O) groups excluding carboxylic acids is 1. The van der Waals surface area contributed by atoms with Crippen LogP contribution in [0.15, 0.2) is 24.0 Å². The molecule has 0 saturated heterocycles. The molecular formula is C11H9Cl3O3. The number of carbonyl (C=O) groups is 1. The molecule has 0 unspecified atom stereocenters. The Morgan fingerprint density at radius 3 is 2.35 bits per heavy atom. The van der Waals surface area contributed by atoms with Crippen LogP contribution >= 0.6 is 34.8 Å². The summed E-state index contributed by atoms with van der Waals surface area (Å²) in [6, 6.07) is 2.94. The molecule has 92 valence electrons. The van der Waals surface area contributed by atoms with E-state index < -0.39 is 5.97 Å². The lowest BCUT2D eigenvalue weighted by Gasteiger charge is -2.08. The van der Waals surface area contributed by atoms with Gasteiger partial charge in [0, 0.05) is 6.07 Å². The molecule has 0 heterocycles. The average Bonchev–Trinajstić information content (AvgIpc) is 2.25. The van der Waals surface area contributed by atoms with Crippen molar-refractivity contribution in [2.75, 3.05) is 7.11 Å². The van der Waals surface area contributed by atoms with Crippen LogP contribution in [0.5, 0.6) is 5.75 Å². The van der Waals surface area contributed by atoms with Gasteiger partial charge in [0.15, 0.2) is 0 Å². The quantitative estimate of drug-likeness (QED) is 0.364. The second-order valence-corrected chi connectivity index (χ2v) is 4.30. The van der Waals surface area contributed by atoms with Gasteiger partial charge in [0.05, 0.1) is 28.3 Å². The summed E-state index contributed by atoms with van der Waals surface area (Å²) in [5, 5.41) is 0.951. The van der Waals surface area contributed by atoms with Gasteiger partial charge in [-0.05, 0) is 13.0 Å². The Labute approximate surface area is 114 Å². The summed E-state index contributed by atoms with van der Waals surface area (Å²) in [6.45, 7) is 1.59. The molecule has 17 heavy (non-hydrogen) atoms. The Hall–Kier alpha value is -0.900. The van der Waals surface area contributed by atoms with Gasteiger partial charge >= 0.3 is 5.97 Å². The van der Waals surface area contributed by atoms with Crippen LogP contribution in [0.1, 0.15) is 6.92 Å². The molecule has 0 fully saturated rings. The van der Waals surface area contributed by atoms with E-state index in [1.807, 2.05) is 0 Å². The second kappa shape index (κ2) is 6.15. The fraction of sp³-hybridized carbons (Fsp3) is 0.182. The predicted molar refractivity (Wildman–Crippen MR) is 67.9 cm³/mol. The van der Waals surface area contributed by atoms with Gasteiger partial charge in [-0.15, -0.1) is 0 Å². The molecule has 3 nitrogen and oxygen atoms in total. The first-order valence-electron chi connectivity index (χ1n) is 4.52. The van der Waals surface area contributed by atoms with Crippen molar-refractivity contribution in [1.82, 2.24) is 0 Å². The van der Waals surface area contributed by atoms with Crippen molar-refractivity contribution >= 4 is 40.8 Å². The summed E-state index contributed by atoms with van der Waals surface area (Å²) in [5.41, 5.74) is 0. The van der Waals surface area contributed by atoms with Gasteiger partial charge < -0.3 is 9.47 Å². The monoisotopic (exact) mass is 294 g/mol. The van der Waals surface area contributed by atoms with E-state index in [1.165, 1.54) is 25.3 Å². The third kappa shape index (κ3) is 4.11. The van der Waals surface area contributed by atoms with Crippen molar-refractivity contribution < 1.29 is 14.3 Å². The molecule has 0 aliphatic carbocycles. The van der Waals surface area contributed by atoms with Crippen LogP contribution in [-0.2, 0) is 9.53 Å². The largest absolute Gasteiger partial charge is 0.466 e. The first kappa shape index (κ1) is 14.2. The zero-order valence-electron chi connectivity index (χ0n) is 9.09. The lowest BCUT2D eigenvalue weighted by atomic mass is 10.3. The highest BCUT2D eigenvalue weighted by Crippen LogP contribution is 2.34. The van der Waals surface area contributed by atoms with Crippen molar-refractivity contribution in [3.05, 3.63) is 39.0 Å². The molecule has 1 aromatic carbocycles. The van der Waals surface area contributed by atoms with Gasteiger partial charge in [0.2, 0.25) is 0 Å². The molecule has 0 saturated carbocycles. The van der Waals surface area contributed by atoms with Gasteiger partial charge in [-0.2, -0.15) is 0 Å². The number of allylic oxidation sites excluding steroid dienone is 1. The highest BCUT2D eigenvalue weighted by atomic mass is 35.5.